The first kappa shape index (κ1) is 31.1. The molecule has 0 aliphatic heterocycles. The highest BCUT2D eigenvalue weighted by molar-refractivity contribution is 6.14. The minimum atomic E-state index is -0.459. The second kappa shape index (κ2) is 10.8. The zero-order valence-corrected chi connectivity index (χ0v) is 31.6. The largest absolute Gasteiger partial charge is 0.292 e. The Hall–Kier alpha value is -7.10. The van der Waals surface area contributed by atoms with Crippen LogP contribution in [0.2, 0.25) is 0 Å². The van der Waals surface area contributed by atoms with E-state index in [0.29, 0.717) is 0 Å². The van der Waals surface area contributed by atoms with Gasteiger partial charge in [0.25, 0.3) is 0 Å². The molecule has 2 heterocycles. The topological polar surface area (TPSA) is 30.7 Å². The van der Waals surface area contributed by atoms with Crippen LogP contribution in [0.25, 0.3) is 83.2 Å². The minimum absolute atomic E-state index is 0.321. The smallest absolute Gasteiger partial charge is 0.164 e. The summed E-state index contributed by atoms with van der Waals surface area (Å²) in [5, 5.41) is 4.85. The first-order valence-corrected chi connectivity index (χ1v) is 19.9. The van der Waals surface area contributed by atoms with Crippen molar-refractivity contribution in [2.45, 2.75) is 24.7 Å². The Bertz CT molecular complexity index is 3340. The summed E-state index contributed by atoms with van der Waals surface area (Å²) >= 11 is 0. The molecule has 2 aromatic heterocycles. The van der Waals surface area contributed by atoms with Gasteiger partial charge in [-0.15, -0.1) is 0 Å². The quantitative estimate of drug-likeness (QED) is 0.178. The van der Waals surface area contributed by atoms with E-state index in [1.54, 1.807) is 0 Å². The van der Waals surface area contributed by atoms with Gasteiger partial charge in [0.2, 0.25) is 0 Å². The van der Waals surface area contributed by atoms with E-state index in [0.717, 1.165) is 45.1 Å². The lowest BCUT2D eigenvalue weighted by molar-refractivity contribution is 0.633. The van der Waals surface area contributed by atoms with Crippen LogP contribution < -0.4 is 0 Å². The van der Waals surface area contributed by atoms with Crippen molar-refractivity contribution < 1.29 is 0 Å². The van der Waals surface area contributed by atoms with E-state index in [1.807, 2.05) is 0 Å². The van der Waals surface area contributed by atoms with Gasteiger partial charge in [-0.3, -0.25) is 4.57 Å². The fourth-order valence-corrected chi connectivity index (χ4v) is 10.9. The highest BCUT2D eigenvalue weighted by Crippen LogP contribution is 2.63. The lowest BCUT2D eigenvalue weighted by Gasteiger charge is -2.30. The van der Waals surface area contributed by atoms with Gasteiger partial charge in [-0.05, 0) is 85.1 Å². The first-order chi connectivity index (χ1) is 28.0. The number of aromatic nitrogens is 3. The van der Waals surface area contributed by atoms with Gasteiger partial charge >= 0.3 is 0 Å². The van der Waals surface area contributed by atoms with Crippen molar-refractivity contribution in [2.24, 2.45) is 0 Å². The summed E-state index contributed by atoms with van der Waals surface area (Å²) in [5.41, 5.74) is 18.3. The third-order valence-electron chi connectivity index (χ3n) is 13.3. The van der Waals surface area contributed by atoms with Gasteiger partial charge in [0.1, 0.15) is 5.69 Å². The predicted octanol–water partition coefficient (Wildman–Crippen LogP) is 13.0. The van der Waals surface area contributed by atoms with E-state index in [2.05, 4.69) is 194 Å². The van der Waals surface area contributed by atoms with E-state index in [4.69, 9.17) is 9.97 Å². The Morgan fingerprint density at radius 1 is 0.404 bits per heavy atom. The Kier molecular flexibility index (Phi) is 5.90. The van der Waals surface area contributed by atoms with E-state index in [1.165, 1.54) is 71.6 Å². The number of hydrogen-bond acceptors (Lipinski definition) is 2. The third kappa shape index (κ3) is 3.82. The zero-order valence-electron chi connectivity index (χ0n) is 31.6. The molecule has 0 bridgehead atoms. The maximum atomic E-state index is 5.81. The minimum Gasteiger partial charge on any atom is -0.292 e. The highest BCUT2D eigenvalue weighted by atomic mass is 15.1. The van der Waals surface area contributed by atoms with Crippen molar-refractivity contribution in [2.75, 3.05) is 0 Å². The molecule has 266 valence electrons. The number of para-hydroxylation sites is 1. The SMILES string of the molecule is CC1(C)c2ccccc2-c2nc(-c3ccc4c(c3)C3(c5ccccc5-c5ccccc53)c3ccccc3-4)c(-n3c4ccccc4c4cc5ccccc5cc43)nc21. The molecule has 0 atom stereocenters. The Morgan fingerprint density at radius 3 is 1.63 bits per heavy atom. The summed E-state index contributed by atoms with van der Waals surface area (Å²) in [4.78, 5) is 11.6. The fraction of sp³-hybridized carbons (Fsp3) is 0.0741. The summed E-state index contributed by atoms with van der Waals surface area (Å²) < 4.78 is 2.39. The molecule has 3 aliphatic rings. The molecule has 0 saturated carbocycles. The van der Waals surface area contributed by atoms with Gasteiger partial charge < -0.3 is 0 Å². The van der Waals surface area contributed by atoms with Crippen molar-refractivity contribution in [1.82, 2.24) is 14.5 Å². The van der Waals surface area contributed by atoms with Crippen molar-refractivity contribution in [3.05, 3.63) is 209 Å². The van der Waals surface area contributed by atoms with Gasteiger partial charge in [0.15, 0.2) is 5.82 Å². The molecule has 3 nitrogen and oxygen atoms in total. The van der Waals surface area contributed by atoms with Crippen molar-refractivity contribution in [3.8, 4) is 50.6 Å². The molecule has 3 heteroatoms. The van der Waals surface area contributed by atoms with Crippen LogP contribution in [-0.4, -0.2) is 14.5 Å². The second-order valence-corrected chi connectivity index (χ2v) is 16.5. The van der Waals surface area contributed by atoms with Crippen LogP contribution in [0, 0.1) is 0 Å². The predicted molar refractivity (Wildman–Crippen MR) is 233 cm³/mol. The van der Waals surface area contributed by atoms with Crippen LogP contribution in [0.5, 0.6) is 0 Å². The van der Waals surface area contributed by atoms with E-state index in [-0.39, 0.29) is 5.41 Å². The lowest BCUT2D eigenvalue weighted by atomic mass is 9.70. The Balaban J connectivity index is 1.16. The normalized spacial score (nSPS) is 14.8. The van der Waals surface area contributed by atoms with Crippen molar-refractivity contribution in [1.29, 1.82) is 0 Å². The van der Waals surface area contributed by atoms with Crippen molar-refractivity contribution in [3.63, 3.8) is 0 Å². The molecule has 0 radical (unpaired) electrons. The van der Waals surface area contributed by atoms with Gasteiger partial charge in [0, 0.05) is 27.3 Å². The van der Waals surface area contributed by atoms with Crippen LogP contribution >= 0.6 is 0 Å². The van der Waals surface area contributed by atoms with Crippen LogP contribution in [0.1, 0.15) is 47.4 Å². The molecular formula is C54H35N3. The maximum Gasteiger partial charge on any atom is 0.164 e. The van der Waals surface area contributed by atoms with Gasteiger partial charge in [-0.1, -0.05) is 166 Å². The molecule has 0 fully saturated rings. The second-order valence-electron chi connectivity index (χ2n) is 16.5. The molecule has 0 unspecified atom stereocenters. The molecule has 8 aromatic carbocycles. The molecule has 0 amide bonds. The molecule has 13 rings (SSSR count). The van der Waals surface area contributed by atoms with Gasteiger partial charge in [-0.25, -0.2) is 9.97 Å². The van der Waals surface area contributed by atoms with Gasteiger partial charge in [0.05, 0.1) is 27.8 Å². The maximum absolute atomic E-state index is 5.81. The number of benzene rings is 8. The monoisotopic (exact) mass is 725 g/mol. The molecule has 57 heavy (non-hydrogen) atoms. The molecule has 10 aromatic rings. The fourth-order valence-electron chi connectivity index (χ4n) is 10.9. The van der Waals surface area contributed by atoms with E-state index < -0.39 is 5.41 Å². The van der Waals surface area contributed by atoms with Crippen LogP contribution in [0.15, 0.2) is 176 Å². The average molecular weight is 726 g/mol. The number of nitrogens with zero attached hydrogens (tertiary/aromatic N) is 3. The summed E-state index contributed by atoms with van der Waals surface area (Å²) in [7, 11) is 0. The highest BCUT2D eigenvalue weighted by Gasteiger charge is 2.51. The number of rotatable bonds is 2. The van der Waals surface area contributed by atoms with E-state index in [9.17, 15) is 0 Å². The molecule has 0 N–H and O–H groups in total. The van der Waals surface area contributed by atoms with Crippen LogP contribution in [0.3, 0.4) is 0 Å². The van der Waals surface area contributed by atoms with Crippen molar-refractivity contribution >= 4 is 32.6 Å². The lowest BCUT2D eigenvalue weighted by Crippen LogP contribution is -2.25. The van der Waals surface area contributed by atoms with E-state index >= 15 is 0 Å². The summed E-state index contributed by atoms with van der Waals surface area (Å²) in [5.74, 6) is 0.854. The zero-order chi connectivity index (χ0) is 37.6. The summed E-state index contributed by atoms with van der Waals surface area (Å²) in [6.45, 7) is 4.58. The van der Waals surface area contributed by atoms with Crippen LogP contribution in [-0.2, 0) is 10.8 Å². The molecule has 3 aliphatic carbocycles. The van der Waals surface area contributed by atoms with Gasteiger partial charge in [-0.2, -0.15) is 0 Å². The molecule has 1 spiro atoms. The summed E-state index contributed by atoms with van der Waals surface area (Å²) in [6.07, 6.45) is 0. The Morgan fingerprint density at radius 2 is 0.947 bits per heavy atom. The molecule has 0 saturated heterocycles. The Labute approximate surface area is 330 Å². The molecular weight excluding hydrogens is 691 g/mol. The number of fused-ring (bicyclic) bond motifs is 17. The average Bonchev–Trinajstić information content (AvgIpc) is 3.92. The van der Waals surface area contributed by atoms with Crippen LogP contribution in [0.4, 0.5) is 0 Å². The standard InChI is InChI=1S/C54H35N3/c1-53(2)42-22-10-8-21-40(42)50-51(53)56-52(57-47-26-14-9-20-39(47)41-29-32-15-3-4-16-33(32)31-48(41)57)49(55-50)34-27-28-38-37-19-7-13-25-45(37)54(46(38)30-34)43-23-11-5-17-35(43)36-18-6-12-24-44(36)54/h3-31H,1-2H3. The first-order valence-electron chi connectivity index (χ1n) is 19.9. The third-order valence-corrected chi connectivity index (χ3v) is 13.3. The summed E-state index contributed by atoms with van der Waals surface area (Å²) in [6, 6.07) is 65.0. The number of hydrogen-bond donors (Lipinski definition) is 0.